The number of benzene rings is 1. The second-order valence-corrected chi connectivity index (χ2v) is 5.65. The summed E-state index contributed by atoms with van der Waals surface area (Å²) in [6.07, 6.45) is 1.87. The van der Waals surface area contributed by atoms with Gasteiger partial charge in [0.05, 0.1) is 33.0 Å². The molecular formula is C14H16Cl2N4O. The summed E-state index contributed by atoms with van der Waals surface area (Å²) >= 11 is 11.9. The average Bonchev–Trinajstić information content (AvgIpc) is 2.75. The number of aromatic nitrogens is 2. The minimum atomic E-state index is -0.306. The van der Waals surface area contributed by atoms with Gasteiger partial charge in [-0.15, -0.1) is 0 Å². The van der Waals surface area contributed by atoms with Crippen LogP contribution in [-0.2, 0) is 7.05 Å². The van der Waals surface area contributed by atoms with Crippen molar-refractivity contribution in [1.29, 1.82) is 0 Å². The zero-order chi connectivity index (χ0) is 15.7. The Hall–Kier alpha value is -1.72. The molecular weight excluding hydrogens is 311 g/mol. The molecule has 2 rings (SSSR count). The summed E-state index contributed by atoms with van der Waals surface area (Å²) in [5.41, 5.74) is 8.05. The summed E-state index contributed by atoms with van der Waals surface area (Å²) in [5, 5.41) is 7.62. The van der Waals surface area contributed by atoms with Crippen molar-refractivity contribution >= 4 is 34.8 Å². The van der Waals surface area contributed by atoms with Crippen LogP contribution < -0.4 is 11.1 Å². The average molecular weight is 327 g/mol. The fourth-order valence-electron chi connectivity index (χ4n) is 2.14. The lowest BCUT2D eigenvalue weighted by molar-refractivity contribution is 0.0940. The summed E-state index contributed by atoms with van der Waals surface area (Å²) in [7, 11) is 1.84. The van der Waals surface area contributed by atoms with E-state index in [-0.39, 0.29) is 22.7 Å². The second-order valence-electron chi connectivity index (χ2n) is 4.86. The molecule has 1 heterocycles. The Labute approximate surface area is 133 Å². The monoisotopic (exact) mass is 326 g/mol. The van der Waals surface area contributed by atoms with Gasteiger partial charge in [0.2, 0.25) is 0 Å². The molecule has 1 aromatic heterocycles. The number of hydrogen-bond donors (Lipinski definition) is 2. The third-order valence-electron chi connectivity index (χ3n) is 3.24. The summed E-state index contributed by atoms with van der Waals surface area (Å²) < 4.78 is 1.71. The summed E-state index contributed by atoms with van der Waals surface area (Å²) in [5.74, 6) is -0.306. The molecule has 1 unspecified atom stereocenters. The number of nitrogen functional groups attached to an aromatic ring is 1. The van der Waals surface area contributed by atoms with Crippen LogP contribution in [-0.4, -0.2) is 15.7 Å². The van der Waals surface area contributed by atoms with Gasteiger partial charge in [0, 0.05) is 18.8 Å². The number of carbonyl (C=O) groups excluding carboxylic acids is 1. The lowest BCUT2D eigenvalue weighted by Crippen LogP contribution is -2.27. The van der Waals surface area contributed by atoms with E-state index in [0.717, 1.165) is 11.3 Å². The molecule has 1 atom stereocenters. The van der Waals surface area contributed by atoms with Crippen molar-refractivity contribution in [1.82, 2.24) is 15.1 Å². The van der Waals surface area contributed by atoms with Crippen LogP contribution >= 0.6 is 23.2 Å². The molecule has 1 aromatic carbocycles. The van der Waals surface area contributed by atoms with Gasteiger partial charge in [-0.2, -0.15) is 5.10 Å². The molecule has 7 heteroatoms. The zero-order valence-electron chi connectivity index (χ0n) is 11.9. The van der Waals surface area contributed by atoms with Crippen LogP contribution in [0, 0.1) is 6.92 Å². The maximum Gasteiger partial charge on any atom is 0.253 e. The van der Waals surface area contributed by atoms with Crippen LogP contribution in [0.1, 0.15) is 34.6 Å². The molecule has 0 saturated carbocycles. The van der Waals surface area contributed by atoms with Gasteiger partial charge in [-0.25, -0.2) is 0 Å². The van der Waals surface area contributed by atoms with E-state index in [4.69, 9.17) is 28.9 Å². The topological polar surface area (TPSA) is 72.9 Å². The smallest absolute Gasteiger partial charge is 0.253 e. The van der Waals surface area contributed by atoms with Gasteiger partial charge in [0.15, 0.2) is 0 Å². The minimum Gasteiger partial charge on any atom is -0.396 e. The first-order valence-corrected chi connectivity index (χ1v) is 7.11. The molecule has 5 nitrogen and oxygen atoms in total. The molecule has 2 aromatic rings. The van der Waals surface area contributed by atoms with Crippen molar-refractivity contribution in [3.63, 3.8) is 0 Å². The molecule has 0 radical (unpaired) electrons. The highest BCUT2D eigenvalue weighted by Crippen LogP contribution is 2.30. The van der Waals surface area contributed by atoms with Crippen molar-refractivity contribution in [3.05, 3.63) is 45.2 Å². The first-order chi connectivity index (χ1) is 9.81. The Bertz CT molecular complexity index is 697. The molecule has 0 spiro atoms. The SMILES string of the molecule is Cc1nn(C)cc1C(C)NC(=O)c1ccc(Cl)c(N)c1Cl. The molecule has 0 saturated heterocycles. The molecule has 0 aliphatic rings. The van der Waals surface area contributed by atoms with Crippen molar-refractivity contribution in [3.8, 4) is 0 Å². The maximum absolute atomic E-state index is 12.3. The number of aryl methyl sites for hydroxylation is 2. The van der Waals surface area contributed by atoms with E-state index >= 15 is 0 Å². The molecule has 1 amide bonds. The maximum atomic E-state index is 12.3. The van der Waals surface area contributed by atoms with Crippen LogP contribution in [0.25, 0.3) is 0 Å². The van der Waals surface area contributed by atoms with Gasteiger partial charge in [0.25, 0.3) is 5.91 Å². The Morgan fingerprint density at radius 3 is 2.67 bits per heavy atom. The number of rotatable bonds is 3. The van der Waals surface area contributed by atoms with Crippen molar-refractivity contribution in [2.45, 2.75) is 19.9 Å². The molecule has 0 bridgehead atoms. The lowest BCUT2D eigenvalue weighted by Gasteiger charge is -2.15. The fraction of sp³-hybridized carbons (Fsp3) is 0.286. The molecule has 0 fully saturated rings. The quantitative estimate of drug-likeness (QED) is 0.851. The van der Waals surface area contributed by atoms with Gasteiger partial charge >= 0.3 is 0 Å². The Kier molecular flexibility index (Phi) is 4.44. The van der Waals surface area contributed by atoms with E-state index < -0.39 is 0 Å². The number of hydrogen-bond acceptors (Lipinski definition) is 3. The van der Waals surface area contributed by atoms with Gasteiger partial charge in [-0.1, -0.05) is 23.2 Å². The standard InChI is InChI=1S/C14H16Cl2N4O/c1-7(10-6-20(3)19-8(10)2)18-14(21)9-4-5-11(15)13(17)12(9)16/h4-7H,17H2,1-3H3,(H,18,21). The molecule has 0 aliphatic heterocycles. The summed E-state index contributed by atoms with van der Waals surface area (Å²) in [6.45, 7) is 3.78. The summed E-state index contributed by atoms with van der Waals surface area (Å²) in [6, 6.07) is 2.91. The molecule has 0 aliphatic carbocycles. The minimum absolute atomic E-state index is 0.162. The highest BCUT2D eigenvalue weighted by molar-refractivity contribution is 6.40. The Balaban J connectivity index is 2.22. The number of amides is 1. The van der Waals surface area contributed by atoms with E-state index in [1.165, 1.54) is 0 Å². The normalized spacial score (nSPS) is 12.2. The van der Waals surface area contributed by atoms with Crippen molar-refractivity contribution < 1.29 is 4.79 Å². The Morgan fingerprint density at radius 1 is 1.43 bits per heavy atom. The van der Waals surface area contributed by atoms with Crippen LogP contribution in [0.15, 0.2) is 18.3 Å². The third kappa shape index (κ3) is 3.14. The number of nitrogens with two attached hydrogens (primary N) is 1. The number of nitrogens with one attached hydrogen (secondary N) is 1. The van der Waals surface area contributed by atoms with E-state index in [0.29, 0.717) is 10.6 Å². The summed E-state index contributed by atoms with van der Waals surface area (Å²) in [4.78, 5) is 12.3. The first-order valence-electron chi connectivity index (χ1n) is 6.35. The zero-order valence-corrected chi connectivity index (χ0v) is 13.5. The first kappa shape index (κ1) is 15.7. The van der Waals surface area contributed by atoms with Crippen molar-refractivity contribution in [2.75, 3.05) is 5.73 Å². The highest BCUT2D eigenvalue weighted by atomic mass is 35.5. The number of nitrogens with zero attached hydrogens (tertiary/aromatic N) is 2. The third-order valence-corrected chi connectivity index (χ3v) is 3.97. The van der Waals surface area contributed by atoms with Crippen molar-refractivity contribution in [2.24, 2.45) is 7.05 Å². The van der Waals surface area contributed by atoms with E-state index in [9.17, 15) is 4.79 Å². The van der Waals surface area contributed by atoms with Gasteiger partial charge in [-0.05, 0) is 26.0 Å². The number of halogens is 2. The van der Waals surface area contributed by atoms with E-state index in [1.54, 1.807) is 16.8 Å². The van der Waals surface area contributed by atoms with E-state index in [2.05, 4.69) is 10.4 Å². The van der Waals surface area contributed by atoms with Gasteiger partial charge < -0.3 is 11.1 Å². The highest BCUT2D eigenvalue weighted by Gasteiger charge is 2.19. The predicted octanol–water partition coefficient (Wildman–Crippen LogP) is 3.11. The van der Waals surface area contributed by atoms with Gasteiger partial charge in [0.1, 0.15) is 0 Å². The molecule has 112 valence electrons. The van der Waals surface area contributed by atoms with E-state index in [1.807, 2.05) is 27.1 Å². The van der Waals surface area contributed by atoms with Crippen LogP contribution in [0.2, 0.25) is 10.0 Å². The van der Waals surface area contributed by atoms with Crippen LogP contribution in [0.3, 0.4) is 0 Å². The van der Waals surface area contributed by atoms with Crippen LogP contribution in [0.4, 0.5) is 5.69 Å². The fourth-order valence-corrected chi connectivity index (χ4v) is 2.60. The number of anilines is 1. The van der Waals surface area contributed by atoms with Gasteiger partial charge in [-0.3, -0.25) is 9.48 Å². The second kappa shape index (κ2) is 5.95. The van der Waals surface area contributed by atoms with Crippen LogP contribution in [0.5, 0.6) is 0 Å². The lowest BCUT2D eigenvalue weighted by atomic mass is 10.1. The molecule has 21 heavy (non-hydrogen) atoms. The predicted molar refractivity (Wildman–Crippen MR) is 84.7 cm³/mol. The molecule has 3 N–H and O–H groups in total. The Morgan fingerprint density at radius 2 is 2.10 bits per heavy atom. The number of carbonyl (C=O) groups is 1. The largest absolute Gasteiger partial charge is 0.396 e.